The highest BCUT2D eigenvalue weighted by Gasteiger charge is 2.41. The molecule has 18 heavy (non-hydrogen) atoms. The summed E-state index contributed by atoms with van der Waals surface area (Å²) in [5, 5.41) is -0.880. The van der Waals surface area contributed by atoms with Crippen molar-refractivity contribution in [3.05, 3.63) is 0 Å². The molecule has 8 heteroatoms. The van der Waals surface area contributed by atoms with Crippen molar-refractivity contribution in [3.8, 4) is 0 Å². The Labute approximate surface area is 106 Å². The van der Waals surface area contributed by atoms with Crippen LogP contribution in [0.1, 0.15) is 20.8 Å². The Morgan fingerprint density at radius 2 is 1.28 bits per heavy atom. The SMILES string of the molecule is COC(=O)COP(=O)(OCC(=O)OC)C(C)(C)C. The van der Waals surface area contributed by atoms with E-state index in [2.05, 4.69) is 9.47 Å². The van der Waals surface area contributed by atoms with Gasteiger partial charge in [0.1, 0.15) is 0 Å². The molecule has 0 rings (SSSR count). The van der Waals surface area contributed by atoms with Gasteiger partial charge in [-0.15, -0.1) is 0 Å². The second-order valence-corrected chi connectivity index (χ2v) is 7.22. The maximum Gasteiger partial charge on any atom is 0.337 e. The van der Waals surface area contributed by atoms with Crippen LogP contribution in [0.4, 0.5) is 0 Å². The lowest BCUT2D eigenvalue weighted by atomic mass is 10.3. The topological polar surface area (TPSA) is 88.1 Å². The van der Waals surface area contributed by atoms with Crippen LogP contribution in [-0.2, 0) is 32.7 Å². The molecule has 0 aliphatic heterocycles. The Kier molecular flexibility index (Phi) is 6.52. The molecule has 0 spiro atoms. The molecule has 0 aromatic carbocycles. The van der Waals surface area contributed by atoms with Gasteiger partial charge in [-0.3, -0.25) is 13.6 Å². The summed E-state index contributed by atoms with van der Waals surface area (Å²) in [7, 11) is -1.27. The molecule has 0 atom stereocenters. The van der Waals surface area contributed by atoms with Gasteiger partial charge in [0.15, 0.2) is 13.2 Å². The number of esters is 2. The predicted molar refractivity (Wildman–Crippen MR) is 63.3 cm³/mol. The summed E-state index contributed by atoms with van der Waals surface area (Å²) >= 11 is 0. The van der Waals surface area contributed by atoms with Gasteiger partial charge in [0.2, 0.25) is 0 Å². The molecule has 0 aromatic heterocycles. The van der Waals surface area contributed by atoms with Crippen LogP contribution in [0.5, 0.6) is 0 Å². The lowest BCUT2D eigenvalue weighted by Crippen LogP contribution is -2.23. The standard InChI is InChI=1S/C10H19O7P/c1-10(2,3)18(13,16-6-8(11)14-4)17-7-9(12)15-5/h6-7H2,1-5H3. The lowest BCUT2D eigenvalue weighted by Gasteiger charge is -2.28. The molecule has 106 valence electrons. The fourth-order valence-corrected chi connectivity index (χ4v) is 2.22. The first-order valence-electron chi connectivity index (χ1n) is 5.19. The Morgan fingerprint density at radius 3 is 1.50 bits per heavy atom. The lowest BCUT2D eigenvalue weighted by molar-refractivity contribution is -0.144. The number of carbonyl (C=O) groups excluding carboxylic acids is 2. The monoisotopic (exact) mass is 282 g/mol. The van der Waals surface area contributed by atoms with Crippen LogP contribution in [0.25, 0.3) is 0 Å². The van der Waals surface area contributed by atoms with Gasteiger partial charge >= 0.3 is 19.5 Å². The van der Waals surface area contributed by atoms with Crippen molar-refractivity contribution in [2.45, 2.75) is 25.9 Å². The van der Waals surface area contributed by atoms with Gasteiger partial charge in [-0.2, -0.15) is 0 Å². The third-order valence-electron chi connectivity index (χ3n) is 1.98. The van der Waals surface area contributed by atoms with E-state index in [1.807, 2.05) is 0 Å². The highest BCUT2D eigenvalue weighted by molar-refractivity contribution is 7.55. The van der Waals surface area contributed by atoms with E-state index in [0.29, 0.717) is 0 Å². The fourth-order valence-electron chi connectivity index (χ4n) is 0.818. The molecule has 0 amide bonds. The van der Waals surface area contributed by atoms with Gasteiger partial charge in [0, 0.05) is 0 Å². The van der Waals surface area contributed by atoms with Gasteiger partial charge < -0.3 is 9.47 Å². The van der Waals surface area contributed by atoms with E-state index in [-0.39, 0.29) is 0 Å². The molecule has 0 radical (unpaired) electrons. The van der Waals surface area contributed by atoms with E-state index in [0.717, 1.165) is 0 Å². The first-order chi connectivity index (χ1) is 8.16. The maximum atomic E-state index is 12.4. The van der Waals surface area contributed by atoms with Crippen LogP contribution in [0.15, 0.2) is 0 Å². The molecule has 0 saturated carbocycles. The van der Waals surface area contributed by atoms with E-state index in [1.54, 1.807) is 20.8 Å². The highest BCUT2D eigenvalue weighted by Crippen LogP contribution is 2.59. The van der Waals surface area contributed by atoms with Crippen molar-refractivity contribution >= 4 is 19.5 Å². The maximum absolute atomic E-state index is 12.4. The Hall–Kier alpha value is -0.910. The van der Waals surface area contributed by atoms with Gasteiger partial charge in [-0.05, 0) is 20.8 Å². The Balaban J connectivity index is 4.70. The average molecular weight is 282 g/mol. The normalized spacial score (nSPS) is 12.1. The van der Waals surface area contributed by atoms with Crippen molar-refractivity contribution in [1.82, 2.24) is 0 Å². The van der Waals surface area contributed by atoms with Crippen molar-refractivity contribution < 1.29 is 32.7 Å². The van der Waals surface area contributed by atoms with E-state index in [9.17, 15) is 14.2 Å². The van der Waals surface area contributed by atoms with Gasteiger partial charge in [-0.1, -0.05) is 0 Å². The average Bonchev–Trinajstić information content (AvgIpc) is 2.31. The van der Waals surface area contributed by atoms with Crippen LogP contribution < -0.4 is 0 Å². The zero-order valence-corrected chi connectivity index (χ0v) is 12.1. The minimum atomic E-state index is -3.64. The van der Waals surface area contributed by atoms with Crippen LogP contribution in [0.3, 0.4) is 0 Å². The van der Waals surface area contributed by atoms with Crippen molar-refractivity contribution in [1.29, 1.82) is 0 Å². The third kappa shape index (κ3) is 5.16. The third-order valence-corrected chi connectivity index (χ3v) is 4.56. The second-order valence-electron chi connectivity index (χ2n) is 4.37. The predicted octanol–water partition coefficient (Wildman–Crippen LogP) is 1.36. The number of carbonyl (C=O) groups is 2. The summed E-state index contributed by atoms with van der Waals surface area (Å²) < 4.78 is 31.1. The molecule has 0 heterocycles. The molecule has 0 unspecified atom stereocenters. The summed E-state index contributed by atoms with van der Waals surface area (Å²) in [4.78, 5) is 21.9. The van der Waals surface area contributed by atoms with Crippen molar-refractivity contribution in [2.75, 3.05) is 27.4 Å². The molecule has 0 N–H and O–H groups in total. The van der Waals surface area contributed by atoms with Gasteiger partial charge in [-0.25, -0.2) is 9.59 Å². The number of ether oxygens (including phenoxy) is 2. The Morgan fingerprint density at radius 1 is 0.944 bits per heavy atom. The number of rotatable bonds is 6. The van der Waals surface area contributed by atoms with Crippen LogP contribution >= 0.6 is 7.60 Å². The van der Waals surface area contributed by atoms with E-state index < -0.39 is 37.9 Å². The minimum absolute atomic E-state index is 0.508. The van der Waals surface area contributed by atoms with Gasteiger partial charge in [0.05, 0.1) is 19.4 Å². The summed E-state index contributed by atoms with van der Waals surface area (Å²) in [5.41, 5.74) is 0. The summed E-state index contributed by atoms with van der Waals surface area (Å²) in [5.74, 6) is -1.36. The first-order valence-corrected chi connectivity index (χ1v) is 6.73. The largest absolute Gasteiger partial charge is 0.467 e. The zero-order valence-electron chi connectivity index (χ0n) is 11.2. The Bertz CT molecular complexity index is 321. The van der Waals surface area contributed by atoms with E-state index in [4.69, 9.17) is 9.05 Å². The first kappa shape index (κ1) is 17.1. The highest BCUT2D eigenvalue weighted by atomic mass is 31.2. The van der Waals surface area contributed by atoms with Crippen LogP contribution in [0, 0.1) is 0 Å². The molecule has 0 fully saturated rings. The second kappa shape index (κ2) is 6.87. The molecule has 7 nitrogen and oxygen atoms in total. The summed E-state index contributed by atoms with van der Waals surface area (Å²) in [6.45, 7) is 3.82. The van der Waals surface area contributed by atoms with E-state index >= 15 is 0 Å². The molecule has 0 aliphatic rings. The van der Waals surface area contributed by atoms with Crippen LogP contribution in [0.2, 0.25) is 0 Å². The quantitative estimate of drug-likeness (QED) is 0.536. The zero-order chi connectivity index (χ0) is 14.4. The van der Waals surface area contributed by atoms with Crippen molar-refractivity contribution in [3.63, 3.8) is 0 Å². The molecule has 0 aromatic rings. The summed E-state index contributed by atoms with van der Waals surface area (Å²) in [6, 6.07) is 0. The van der Waals surface area contributed by atoms with E-state index in [1.165, 1.54) is 14.2 Å². The van der Waals surface area contributed by atoms with Crippen LogP contribution in [-0.4, -0.2) is 44.5 Å². The molecular weight excluding hydrogens is 263 g/mol. The minimum Gasteiger partial charge on any atom is -0.467 e. The summed E-state index contributed by atoms with van der Waals surface area (Å²) in [6.07, 6.45) is 0. The molecule has 0 bridgehead atoms. The molecular formula is C10H19O7P. The smallest absolute Gasteiger partial charge is 0.337 e. The fraction of sp³-hybridized carbons (Fsp3) is 0.800. The van der Waals surface area contributed by atoms with Gasteiger partial charge in [0.25, 0.3) is 0 Å². The number of methoxy groups -OCH3 is 2. The van der Waals surface area contributed by atoms with Crippen molar-refractivity contribution in [2.24, 2.45) is 0 Å². The molecule has 0 aliphatic carbocycles. The number of hydrogen-bond donors (Lipinski definition) is 0. The molecule has 0 saturated heterocycles. The number of hydrogen-bond acceptors (Lipinski definition) is 7.